The zero-order chi connectivity index (χ0) is 23.9. The van der Waals surface area contributed by atoms with Gasteiger partial charge in [-0.1, -0.05) is 36.4 Å². The van der Waals surface area contributed by atoms with Gasteiger partial charge in [-0.2, -0.15) is 0 Å². The lowest BCUT2D eigenvalue weighted by Gasteiger charge is -2.35. The van der Waals surface area contributed by atoms with Gasteiger partial charge in [0, 0.05) is 56.2 Å². The number of amides is 1. The third kappa shape index (κ3) is 6.22. The molecular weight excluding hydrogens is 424 g/mol. The second-order valence-electron chi connectivity index (χ2n) is 9.13. The molecule has 4 rings (SSSR count). The summed E-state index contributed by atoms with van der Waals surface area (Å²) in [6, 6.07) is 17.9. The van der Waals surface area contributed by atoms with Crippen molar-refractivity contribution in [1.29, 1.82) is 0 Å². The number of rotatable bonds is 8. The van der Waals surface area contributed by atoms with Crippen molar-refractivity contribution in [3.05, 3.63) is 94.8 Å². The molecule has 2 heterocycles. The fourth-order valence-corrected chi connectivity index (χ4v) is 4.40. The predicted octanol–water partition coefficient (Wildman–Crippen LogP) is 4.00. The van der Waals surface area contributed by atoms with Crippen LogP contribution in [-0.4, -0.2) is 60.5 Å². The van der Waals surface area contributed by atoms with Crippen LogP contribution in [0.3, 0.4) is 0 Å². The lowest BCUT2D eigenvalue weighted by molar-refractivity contribution is 0.0907. The molecule has 0 spiro atoms. The molecule has 1 aliphatic rings. The van der Waals surface area contributed by atoms with E-state index in [1.165, 1.54) is 0 Å². The third-order valence-corrected chi connectivity index (χ3v) is 6.37. The van der Waals surface area contributed by atoms with Crippen molar-refractivity contribution in [3.63, 3.8) is 0 Å². The molecule has 0 aliphatic carbocycles. The number of likely N-dealkylation sites (N-methyl/N-ethyl adjacent to an activating group) is 1. The first-order valence-corrected chi connectivity index (χ1v) is 11.9. The molecule has 0 bridgehead atoms. The van der Waals surface area contributed by atoms with E-state index < -0.39 is 0 Å². The molecule has 6 nitrogen and oxygen atoms in total. The first-order valence-electron chi connectivity index (χ1n) is 11.9. The number of ether oxygens (including phenoxy) is 1. The van der Waals surface area contributed by atoms with E-state index in [0.29, 0.717) is 12.2 Å². The SMILES string of the molecule is Cc1cc(C(=O)NC(CN2CCN(C)CC2)c2ccccc2)cc(C)c1OCc1cccnc1. The monoisotopic (exact) mass is 458 g/mol. The highest BCUT2D eigenvalue weighted by molar-refractivity contribution is 5.95. The molecule has 3 aromatic rings. The molecule has 0 saturated carbocycles. The Kier molecular flexibility index (Phi) is 7.93. The summed E-state index contributed by atoms with van der Waals surface area (Å²) in [5.74, 6) is 0.755. The van der Waals surface area contributed by atoms with Crippen LogP contribution in [0.25, 0.3) is 0 Å². The highest BCUT2D eigenvalue weighted by atomic mass is 16.5. The van der Waals surface area contributed by atoms with Crippen LogP contribution in [0.5, 0.6) is 5.75 Å². The van der Waals surface area contributed by atoms with Crippen molar-refractivity contribution in [2.24, 2.45) is 0 Å². The summed E-state index contributed by atoms with van der Waals surface area (Å²) in [4.78, 5) is 22.2. The fourth-order valence-electron chi connectivity index (χ4n) is 4.40. The lowest BCUT2D eigenvalue weighted by atomic mass is 10.0. The van der Waals surface area contributed by atoms with Gasteiger partial charge in [0.2, 0.25) is 0 Å². The van der Waals surface area contributed by atoms with E-state index in [2.05, 4.69) is 39.3 Å². The summed E-state index contributed by atoms with van der Waals surface area (Å²) >= 11 is 0. The first kappa shape index (κ1) is 23.9. The number of aryl methyl sites for hydroxylation is 2. The minimum atomic E-state index is -0.0702. The first-order chi connectivity index (χ1) is 16.5. The number of nitrogens with zero attached hydrogens (tertiary/aromatic N) is 3. The molecule has 6 heteroatoms. The minimum absolute atomic E-state index is 0.0620. The van der Waals surface area contributed by atoms with E-state index in [-0.39, 0.29) is 11.9 Å². The largest absolute Gasteiger partial charge is 0.488 e. The molecule has 178 valence electrons. The van der Waals surface area contributed by atoms with E-state index in [4.69, 9.17) is 4.74 Å². The number of carbonyl (C=O) groups is 1. The Labute approximate surface area is 202 Å². The van der Waals surface area contributed by atoms with Crippen LogP contribution in [0.2, 0.25) is 0 Å². The highest BCUT2D eigenvalue weighted by Crippen LogP contribution is 2.26. The van der Waals surface area contributed by atoms with E-state index in [9.17, 15) is 4.79 Å². The van der Waals surface area contributed by atoms with E-state index >= 15 is 0 Å². The van der Waals surface area contributed by atoms with Gasteiger partial charge in [-0.15, -0.1) is 0 Å². The predicted molar refractivity (Wildman–Crippen MR) is 135 cm³/mol. The summed E-state index contributed by atoms with van der Waals surface area (Å²) < 4.78 is 6.07. The van der Waals surface area contributed by atoms with Gasteiger partial charge in [0.15, 0.2) is 0 Å². The quantitative estimate of drug-likeness (QED) is 0.553. The molecule has 34 heavy (non-hydrogen) atoms. The Balaban J connectivity index is 1.47. The van der Waals surface area contributed by atoms with Crippen LogP contribution in [0.1, 0.15) is 38.7 Å². The Bertz CT molecular complexity index is 1060. The van der Waals surface area contributed by atoms with Gasteiger partial charge in [0.05, 0.1) is 6.04 Å². The number of aromatic nitrogens is 1. The smallest absolute Gasteiger partial charge is 0.251 e. The number of piperazine rings is 1. The van der Waals surface area contributed by atoms with Gasteiger partial charge in [-0.05, 0) is 55.8 Å². The number of hydrogen-bond donors (Lipinski definition) is 1. The van der Waals surface area contributed by atoms with Crippen LogP contribution in [-0.2, 0) is 6.61 Å². The number of nitrogens with one attached hydrogen (secondary N) is 1. The van der Waals surface area contributed by atoms with Gasteiger partial charge >= 0.3 is 0 Å². The number of hydrogen-bond acceptors (Lipinski definition) is 5. The van der Waals surface area contributed by atoms with Gasteiger partial charge in [-0.3, -0.25) is 14.7 Å². The Morgan fingerprint density at radius 2 is 1.74 bits per heavy atom. The molecule has 1 unspecified atom stereocenters. The van der Waals surface area contributed by atoms with E-state index in [1.807, 2.05) is 56.3 Å². The van der Waals surface area contributed by atoms with Crippen LogP contribution in [0.15, 0.2) is 67.0 Å². The number of benzene rings is 2. The molecule has 1 amide bonds. The molecular formula is C28H34N4O2. The van der Waals surface area contributed by atoms with Gasteiger partial charge in [0.25, 0.3) is 5.91 Å². The molecule has 1 aromatic heterocycles. The maximum atomic E-state index is 13.3. The molecule has 1 aliphatic heterocycles. The Morgan fingerprint density at radius 3 is 2.38 bits per heavy atom. The van der Waals surface area contributed by atoms with Crippen molar-refractivity contribution >= 4 is 5.91 Å². The Morgan fingerprint density at radius 1 is 1.03 bits per heavy atom. The van der Waals surface area contributed by atoms with Crippen molar-refractivity contribution in [3.8, 4) is 5.75 Å². The van der Waals surface area contributed by atoms with E-state index in [0.717, 1.165) is 60.7 Å². The molecule has 1 saturated heterocycles. The van der Waals surface area contributed by atoms with Crippen molar-refractivity contribution < 1.29 is 9.53 Å². The average Bonchev–Trinajstić information content (AvgIpc) is 2.85. The molecule has 1 atom stereocenters. The second-order valence-corrected chi connectivity index (χ2v) is 9.13. The van der Waals surface area contributed by atoms with Crippen LogP contribution < -0.4 is 10.1 Å². The van der Waals surface area contributed by atoms with Crippen LogP contribution >= 0.6 is 0 Å². The maximum absolute atomic E-state index is 13.3. The summed E-state index contributed by atoms with van der Waals surface area (Å²) in [5.41, 5.74) is 4.69. The molecule has 1 N–H and O–H groups in total. The van der Waals surface area contributed by atoms with Crippen molar-refractivity contribution in [2.75, 3.05) is 39.8 Å². The zero-order valence-electron chi connectivity index (χ0n) is 20.3. The maximum Gasteiger partial charge on any atom is 0.251 e. The van der Waals surface area contributed by atoms with Gasteiger partial charge in [-0.25, -0.2) is 0 Å². The standard InChI is InChI=1S/C28H34N4O2/c1-21-16-25(17-22(2)27(21)34-20-23-8-7-11-29-18-23)28(33)30-26(24-9-5-4-6-10-24)19-32-14-12-31(3)13-15-32/h4-11,16-18,26H,12-15,19-20H2,1-3H3,(H,30,33). The minimum Gasteiger partial charge on any atom is -0.488 e. The zero-order valence-corrected chi connectivity index (χ0v) is 20.3. The summed E-state index contributed by atoms with van der Waals surface area (Å²) in [6.45, 7) is 9.34. The average molecular weight is 459 g/mol. The normalized spacial score (nSPS) is 15.6. The molecule has 2 aromatic carbocycles. The molecule has 0 radical (unpaired) electrons. The number of carbonyl (C=O) groups excluding carboxylic acids is 1. The summed E-state index contributed by atoms with van der Waals surface area (Å²) in [7, 11) is 2.16. The molecule has 1 fully saturated rings. The van der Waals surface area contributed by atoms with Gasteiger partial charge in [0.1, 0.15) is 12.4 Å². The number of pyridine rings is 1. The summed E-state index contributed by atoms with van der Waals surface area (Å²) in [5, 5.41) is 3.30. The highest BCUT2D eigenvalue weighted by Gasteiger charge is 2.22. The van der Waals surface area contributed by atoms with Crippen molar-refractivity contribution in [2.45, 2.75) is 26.5 Å². The third-order valence-electron chi connectivity index (χ3n) is 6.37. The fraction of sp³-hybridized carbons (Fsp3) is 0.357. The topological polar surface area (TPSA) is 57.7 Å². The summed E-state index contributed by atoms with van der Waals surface area (Å²) in [6.07, 6.45) is 3.55. The van der Waals surface area contributed by atoms with Crippen molar-refractivity contribution in [1.82, 2.24) is 20.1 Å². The van der Waals surface area contributed by atoms with Crippen LogP contribution in [0, 0.1) is 13.8 Å². The second kappa shape index (κ2) is 11.3. The van der Waals surface area contributed by atoms with Gasteiger partial charge < -0.3 is 15.0 Å². The van der Waals surface area contributed by atoms with Crippen LogP contribution in [0.4, 0.5) is 0 Å². The lowest BCUT2D eigenvalue weighted by Crippen LogP contribution is -2.47. The van der Waals surface area contributed by atoms with E-state index in [1.54, 1.807) is 12.4 Å². The Hall–Kier alpha value is -3.22.